The number of rotatable bonds is 9. The molecule has 1 unspecified atom stereocenters. The lowest BCUT2D eigenvalue weighted by Gasteiger charge is -2.31. The van der Waals surface area contributed by atoms with Gasteiger partial charge in [0, 0.05) is 39.3 Å². The number of nitrogens with zero attached hydrogens (tertiary/aromatic N) is 1. The third-order valence-electron chi connectivity index (χ3n) is 5.06. The van der Waals surface area contributed by atoms with Crippen molar-refractivity contribution in [3.8, 4) is 0 Å². The van der Waals surface area contributed by atoms with Gasteiger partial charge in [-0.1, -0.05) is 17.7 Å². The van der Waals surface area contributed by atoms with E-state index in [2.05, 4.69) is 10.6 Å². The summed E-state index contributed by atoms with van der Waals surface area (Å²) in [4.78, 5) is 24.8. The molecule has 2 N–H and O–H groups in total. The molecule has 29 heavy (non-hydrogen) atoms. The number of sulfonamides is 1. The third kappa shape index (κ3) is 6.52. The van der Waals surface area contributed by atoms with Crippen molar-refractivity contribution in [1.82, 2.24) is 14.9 Å². The summed E-state index contributed by atoms with van der Waals surface area (Å²) in [5, 5.41) is 5.48. The van der Waals surface area contributed by atoms with Crippen LogP contribution in [0.5, 0.6) is 0 Å². The van der Waals surface area contributed by atoms with Crippen molar-refractivity contribution in [3.05, 3.63) is 29.8 Å². The molecule has 2 rings (SSSR count). The SMILES string of the molecule is COCCCNC(=O)C(C)NC(=O)C1CCN(S(=O)(=O)c2ccc(C)cc2)CC1. The van der Waals surface area contributed by atoms with Gasteiger partial charge in [-0.2, -0.15) is 4.31 Å². The van der Waals surface area contributed by atoms with E-state index >= 15 is 0 Å². The van der Waals surface area contributed by atoms with Crippen LogP contribution in [-0.4, -0.2) is 63.9 Å². The number of ether oxygens (including phenoxy) is 1. The molecule has 0 radical (unpaired) electrons. The Morgan fingerprint density at radius 3 is 2.41 bits per heavy atom. The van der Waals surface area contributed by atoms with Crippen molar-refractivity contribution in [2.75, 3.05) is 33.4 Å². The highest BCUT2D eigenvalue weighted by Crippen LogP contribution is 2.24. The zero-order valence-corrected chi connectivity index (χ0v) is 18.1. The highest BCUT2D eigenvalue weighted by atomic mass is 32.2. The highest BCUT2D eigenvalue weighted by Gasteiger charge is 2.32. The second-order valence-corrected chi connectivity index (χ2v) is 9.30. The van der Waals surface area contributed by atoms with E-state index in [-0.39, 0.29) is 35.7 Å². The molecule has 0 aromatic heterocycles. The number of carbonyl (C=O) groups is 2. The number of hydrogen-bond acceptors (Lipinski definition) is 5. The lowest BCUT2D eigenvalue weighted by molar-refractivity contribution is -0.131. The normalized spacial score (nSPS) is 16.9. The summed E-state index contributed by atoms with van der Waals surface area (Å²) in [7, 11) is -1.95. The van der Waals surface area contributed by atoms with E-state index < -0.39 is 16.1 Å². The van der Waals surface area contributed by atoms with Gasteiger partial charge in [-0.25, -0.2) is 8.42 Å². The summed E-state index contributed by atoms with van der Waals surface area (Å²) >= 11 is 0. The van der Waals surface area contributed by atoms with E-state index in [4.69, 9.17) is 4.74 Å². The van der Waals surface area contributed by atoms with E-state index in [9.17, 15) is 18.0 Å². The number of hydrogen-bond donors (Lipinski definition) is 2. The predicted octanol–water partition coefficient (Wildman–Crippen LogP) is 1.05. The zero-order chi connectivity index (χ0) is 21.4. The molecular weight excluding hydrogens is 394 g/mol. The van der Waals surface area contributed by atoms with Gasteiger partial charge >= 0.3 is 0 Å². The molecule has 1 fully saturated rings. The minimum absolute atomic E-state index is 0.211. The first kappa shape index (κ1) is 23.3. The maximum absolute atomic E-state index is 12.8. The molecule has 1 aromatic rings. The molecule has 0 bridgehead atoms. The number of aryl methyl sites for hydroxylation is 1. The van der Waals surface area contributed by atoms with E-state index in [1.807, 2.05) is 6.92 Å². The molecule has 0 saturated carbocycles. The van der Waals surface area contributed by atoms with Crippen LogP contribution in [0.4, 0.5) is 0 Å². The maximum Gasteiger partial charge on any atom is 0.243 e. The largest absolute Gasteiger partial charge is 0.385 e. The molecule has 9 heteroatoms. The number of benzene rings is 1. The Hall–Kier alpha value is -1.97. The first-order valence-electron chi connectivity index (χ1n) is 9.89. The summed E-state index contributed by atoms with van der Waals surface area (Å²) in [5.74, 6) is -0.756. The van der Waals surface area contributed by atoms with Crippen LogP contribution in [-0.2, 0) is 24.3 Å². The van der Waals surface area contributed by atoms with Gasteiger partial charge in [-0.05, 0) is 45.2 Å². The zero-order valence-electron chi connectivity index (χ0n) is 17.3. The fraction of sp³-hybridized carbons (Fsp3) is 0.600. The molecule has 162 valence electrons. The van der Waals surface area contributed by atoms with Gasteiger partial charge < -0.3 is 15.4 Å². The molecule has 1 aliphatic heterocycles. The van der Waals surface area contributed by atoms with Crippen LogP contribution in [0.3, 0.4) is 0 Å². The van der Waals surface area contributed by atoms with Crippen molar-refractivity contribution in [1.29, 1.82) is 0 Å². The van der Waals surface area contributed by atoms with Crippen molar-refractivity contribution < 1.29 is 22.7 Å². The topological polar surface area (TPSA) is 105 Å². The number of amides is 2. The van der Waals surface area contributed by atoms with Crippen molar-refractivity contribution >= 4 is 21.8 Å². The quantitative estimate of drug-likeness (QED) is 0.576. The van der Waals surface area contributed by atoms with Crippen LogP contribution < -0.4 is 10.6 Å². The van der Waals surface area contributed by atoms with Crippen LogP contribution in [0.2, 0.25) is 0 Å². The lowest BCUT2D eigenvalue weighted by Crippen LogP contribution is -2.49. The third-order valence-corrected chi connectivity index (χ3v) is 6.97. The molecule has 1 atom stereocenters. The molecular formula is C20H31N3O5S. The monoisotopic (exact) mass is 425 g/mol. The summed E-state index contributed by atoms with van der Waals surface area (Å²) in [5.41, 5.74) is 0.996. The van der Waals surface area contributed by atoms with Crippen molar-refractivity contribution in [3.63, 3.8) is 0 Å². The standard InChI is InChI=1S/C20H31N3O5S/c1-15-5-7-18(8-6-15)29(26,27)23-12-9-17(10-13-23)20(25)22-16(2)19(24)21-11-4-14-28-3/h5-8,16-17H,4,9-14H2,1-3H3,(H,21,24)(H,22,25). The van der Waals surface area contributed by atoms with Gasteiger partial charge in [-0.3, -0.25) is 9.59 Å². The molecule has 0 spiro atoms. The number of carbonyl (C=O) groups excluding carboxylic acids is 2. The Labute approximate surface area is 173 Å². The summed E-state index contributed by atoms with van der Waals surface area (Å²) in [6.07, 6.45) is 1.56. The Bertz CT molecular complexity index is 787. The number of piperidine rings is 1. The number of methoxy groups -OCH3 is 1. The maximum atomic E-state index is 12.8. The van der Waals surface area contributed by atoms with Crippen LogP contribution in [0.1, 0.15) is 31.7 Å². The lowest BCUT2D eigenvalue weighted by atomic mass is 9.97. The molecule has 1 saturated heterocycles. The Morgan fingerprint density at radius 2 is 1.83 bits per heavy atom. The van der Waals surface area contributed by atoms with Crippen LogP contribution in [0, 0.1) is 12.8 Å². The van der Waals surface area contributed by atoms with Gasteiger partial charge in [0.2, 0.25) is 21.8 Å². The second-order valence-electron chi connectivity index (χ2n) is 7.36. The molecule has 2 amide bonds. The van der Waals surface area contributed by atoms with Gasteiger partial charge in [0.05, 0.1) is 4.90 Å². The fourth-order valence-corrected chi connectivity index (χ4v) is 4.67. The average Bonchev–Trinajstić information content (AvgIpc) is 2.71. The summed E-state index contributed by atoms with van der Waals surface area (Å²) in [6.45, 7) is 5.16. The molecule has 1 aromatic carbocycles. The first-order chi connectivity index (χ1) is 13.8. The van der Waals surface area contributed by atoms with Crippen molar-refractivity contribution in [2.45, 2.75) is 44.0 Å². The Kier molecular flexibility index (Phi) is 8.60. The highest BCUT2D eigenvalue weighted by molar-refractivity contribution is 7.89. The van der Waals surface area contributed by atoms with Gasteiger partial charge in [0.15, 0.2) is 0 Å². The van der Waals surface area contributed by atoms with Crippen molar-refractivity contribution in [2.24, 2.45) is 5.92 Å². The molecule has 1 aliphatic rings. The van der Waals surface area contributed by atoms with E-state index in [1.54, 1.807) is 38.3 Å². The fourth-order valence-electron chi connectivity index (χ4n) is 3.20. The minimum Gasteiger partial charge on any atom is -0.385 e. The first-order valence-corrected chi connectivity index (χ1v) is 11.3. The van der Waals surface area contributed by atoms with E-state index in [0.29, 0.717) is 32.4 Å². The summed E-state index contributed by atoms with van der Waals surface area (Å²) < 4.78 is 31.9. The Morgan fingerprint density at radius 1 is 1.21 bits per heavy atom. The molecule has 8 nitrogen and oxygen atoms in total. The van der Waals surface area contributed by atoms with Crippen LogP contribution >= 0.6 is 0 Å². The van der Waals surface area contributed by atoms with E-state index in [1.165, 1.54) is 4.31 Å². The summed E-state index contributed by atoms with van der Waals surface area (Å²) in [6, 6.07) is 6.12. The number of nitrogens with one attached hydrogen (secondary N) is 2. The van der Waals surface area contributed by atoms with Gasteiger partial charge in [-0.15, -0.1) is 0 Å². The molecule has 1 heterocycles. The Balaban J connectivity index is 1.83. The van der Waals surface area contributed by atoms with Crippen LogP contribution in [0.15, 0.2) is 29.2 Å². The molecule has 0 aliphatic carbocycles. The van der Waals surface area contributed by atoms with Gasteiger partial charge in [0.1, 0.15) is 6.04 Å². The predicted molar refractivity (Wildman–Crippen MR) is 110 cm³/mol. The van der Waals surface area contributed by atoms with E-state index in [0.717, 1.165) is 5.56 Å². The second kappa shape index (κ2) is 10.7. The average molecular weight is 426 g/mol. The minimum atomic E-state index is -3.55. The van der Waals surface area contributed by atoms with Gasteiger partial charge in [0.25, 0.3) is 0 Å². The van der Waals surface area contributed by atoms with Crippen LogP contribution in [0.25, 0.3) is 0 Å². The smallest absolute Gasteiger partial charge is 0.243 e.